The molecule has 0 aromatic heterocycles. The van der Waals surface area contributed by atoms with Crippen LogP contribution in [0.25, 0.3) is 11.1 Å². The number of benzene rings is 6. The number of nitrogens with zero attached hydrogens (tertiary/aromatic N) is 1. The first kappa shape index (κ1) is 43.0. The highest BCUT2D eigenvalue weighted by atomic mass is 16.7. The summed E-state index contributed by atoms with van der Waals surface area (Å²) in [6, 6.07) is 52.9. The average Bonchev–Trinajstić information content (AvgIpc) is 3.29. The smallest absolute Gasteiger partial charge is 0.224 e. The second-order valence-corrected chi connectivity index (χ2v) is 15.8. The predicted octanol–water partition coefficient (Wildman–Crippen LogP) is 9.88. The lowest BCUT2D eigenvalue weighted by molar-refractivity contribution is -0.253. The van der Waals surface area contributed by atoms with Crippen molar-refractivity contribution in [2.45, 2.75) is 83.3 Å². The Kier molecular flexibility index (Phi) is 15.5. The molecule has 1 fully saturated rings. The number of aliphatic hydroxyl groups excluding tert-OH is 1. The number of unbranched alkanes of at least 4 members (excludes halogenated alkanes) is 2. The van der Waals surface area contributed by atoms with Gasteiger partial charge in [0.05, 0.1) is 30.2 Å². The quantitative estimate of drug-likeness (QED) is 0.0474. The molecular formula is C52H56N4O5. The summed E-state index contributed by atoms with van der Waals surface area (Å²) in [7, 11) is 0. The van der Waals surface area contributed by atoms with Gasteiger partial charge in [-0.25, -0.2) is 0 Å². The van der Waals surface area contributed by atoms with Crippen molar-refractivity contribution in [2.24, 2.45) is 0 Å². The molecule has 0 aliphatic carbocycles. The molecule has 1 aliphatic heterocycles. The molecule has 61 heavy (non-hydrogen) atoms. The summed E-state index contributed by atoms with van der Waals surface area (Å²) >= 11 is 0. The Hall–Kier alpha value is -6.10. The van der Waals surface area contributed by atoms with Gasteiger partial charge in [0.25, 0.3) is 0 Å². The van der Waals surface area contributed by atoms with E-state index in [1.54, 1.807) is 12.1 Å². The van der Waals surface area contributed by atoms with Gasteiger partial charge in [0.1, 0.15) is 0 Å². The first-order valence-corrected chi connectivity index (χ1v) is 21.3. The van der Waals surface area contributed by atoms with Crippen LogP contribution in [-0.4, -0.2) is 34.5 Å². The number of para-hydroxylation sites is 2. The van der Waals surface area contributed by atoms with Gasteiger partial charge < -0.3 is 30.9 Å². The Balaban J connectivity index is 0.983. The third-order valence-corrected chi connectivity index (χ3v) is 11.0. The van der Waals surface area contributed by atoms with Gasteiger partial charge in [-0.2, -0.15) is 0 Å². The normalized spacial score (nSPS) is 16.3. The Labute approximate surface area is 359 Å². The van der Waals surface area contributed by atoms with Crippen LogP contribution in [0.15, 0.2) is 158 Å². The number of hydrogen-bond acceptors (Lipinski definition) is 7. The number of rotatable bonds is 19. The molecule has 1 heterocycles. The number of nitrogen functional groups attached to an aromatic ring is 1. The van der Waals surface area contributed by atoms with Gasteiger partial charge in [-0.15, -0.1) is 0 Å². The molecule has 6 aromatic carbocycles. The lowest BCUT2D eigenvalue weighted by Gasteiger charge is -2.38. The minimum atomic E-state index is -0.601. The number of amides is 2. The number of aliphatic hydroxyl groups is 1. The van der Waals surface area contributed by atoms with E-state index < -0.39 is 6.29 Å². The van der Waals surface area contributed by atoms with Gasteiger partial charge in [0.15, 0.2) is 6.29 Å². The van der Waals surface area contributed by atoms with Crippen LogP contribution in [0.1, 0.15) is 84.3 Å². The molecule has 5 N–H and O–H groups in total. The fourth-order valence-electron chi connectivity index (χ4n) is 7.78. The lowest BCUT2D eigenvalue weighted by atomic mass is 9.98. The zero-order valence-electron chi connectivity index (χ0n) is 34.6. The number of carbonyl (C=O) groups is 2. The highest BCUT2D eigenvalue weighted by Crippen LogP contribution is 2.39. The molecule has 3 atom stereocenters. The summed E-state index contributed by atoms with van der Waals surface area (Å²) in [5.41, 5.74) is 15.5. The van der Waals surface area contributed by atoms with E-state index in [2.05, 4.69) is 94.4 Å². The van der Waals surface area contributed by atoms with E-state index in [9.17, 15) is 14.7 Å². The Morgan fingerprint density at radius 1 is 0.623 bits per heavy atom. The summed E-state index contributed by atoms with van der Waals surface area (Å²) in [4.78, 5) is 27.5. The van der Waals surface area contributed by atoms with Crippen LogP contribution < -0.4 is 16.4 Å². The first-order valence-electron chi connectivity index (χ1n) is 21.3. The summed E-state index contributed by atoms with van der Waals surface area (Å²) in [6.45, 7) is 2.70. The largest absolute Gasteiger partial charge is 0.397 e. The van der Waals surface area contributed by atoms with Crippen molar-refractivity contribution in [3.8, 4) is 11.1 Å². The van der Waals surface area contributed by atoms with E-state index in [1.165, 1.54) is 11.1 Å². The van der Waals surface area contributed by atoms with Crippen LogP contribution in [-0.2, 0) is 45.3 Å². The molecular weight excluding hydrogens is 761 g/mol. The van der Waals surface area contributed by atoms with Crippen molar-refractivity contribution in [1.82, 2.24) is 10.2 Å². The molecule has 314 valence electrons. The summed E-state index contributed by atoms with van der Waals surface area (Å²) in [5.74, 6) is -0.0905. The van der Waals surface area contributed by atoms with Crippen molar-refractivity contribution in [2.75, 3.05) is 17.6 Å². The predicted molar refractivity (Wildman–Crippen MR) is 242 cm³/mol. The monoisotopic (exact) mass is 816 g/mol. The molecule has 0 bridgehead atoms. The Bertz CT molecular complexity index is 2260. The fourth-order valence-corrected chi connectivity index (χ4v) is 7.78. The molecule has 6 aromatic rings. The number of nitrogens with two attached hydrogens (primary N) is 1. The SMILES string of the molecule is Nc1ccccc1NC(=O)CCCCCC(=O)NCc1cccc(-c2cccc([C@@H]3O[C@H](CN(Cc4ccccc4)Cc4ccccc4)C[C@H](c4ccc(CO)cc4)O3)c2)c1. The van der Waals surface area contributed by atoms with E-state index in [0.717, 1.165) is 52.9 Å². The maximum absolute atomic E-state index is 12.8. The molecule has 1 aliphatic rings. The highest BCUT2D eigenvalue weighted by Gasteiger charge is 2.33. The minimum Gasteiger partial charge on any atom is -0.397 e. The van der Waals surface area contributed by atoms with E-state index >= 15 is 0 Å². The molecule has 1 saturated heterocycles. The van der Waals surface area contributed by atoms with Crippen LogP contribution in [0.2, 0.25) is 0 Å². The van der Waals surface area contributed by atoms with Gasteiger partial charge >= 0.3 is 0 Å². The molecule has 2 amide bonds. The van der Waals surface area contributed by atoms with Crippen molar-refractivity contribution in [1.29, 1.82) is 0 Å². The lowest BCUT2D eigenvalue weighted by Crippen LogP contribution is -2.39. The zero-order valence-corrected chi connectivity index (χ0v) is 34.6. The first-order chi connectivity index (χ1) is 29.9. The van der Waals surface area contributed by atoms with E-state index in [4.69, 9.17) is 15.2 Å². The maximum atomic E-state index is 12.8. The highest BCUT2D eigenvalue weighted by molar-refractivity contribution is 5.93. The second kappa shape index (κ2) is 21.9. The molecule has 0 unspecified atom stereocenters. The molecule has 0 radical (unpaired) electrons. The third-order valence-electron chi connectivity index (χ3n) is 11.0. The molecule has 9 nitrogen and oxygen atoms in total. The fraction of sp³-hybridized carbons (Fsp3) is 0.269. The van der Waals surface area contributed by atoms with Gasteiger partial charge in [-0.05, 0) is 76.1 Å². The van der Waals surface area contributed by atoms with Crippen molar-refractivity contribution >= 4 is 23.2 Å². The maximum Gasteiger partial charge on any atom is 0.224 e. The summed E-state index contributed by atoms with van der Waals surface area (Å²) in [6.07, 6.45) is 2.72. The number of ether oxygens (including phenoxy) is 2. The number of carbonyl (C=O) groups excluding carboxylic acids is 2. The molecule has 0 saturated carbocycles. The van der Waals surface area contributed by atoms with Gasteiger partial charge in [0.2, 0.25) is 11.8 Å². The minimum absolute atomic E-state index is 0.00990. The van der Waals surface area contributed by atoms with E-state index in [-0.39, 0.29) is 30.6 Å². The van der Waals surface area contributed by atoms with Gasteiger partial charge in [0, 0.05) is 51.0 Å². The summed E-state index contributed by atoms with van der Waals surface area (Å²) < 4.78 is 13.6. The van der Waals surface area contributed by atoms with Crippen LogP contribution in [0.3, 0.4) is 0 Å². The number of nitrogens with one attached hydrogen (secondary N) is 2. The van der Waals surface area contributed by atoms with Crippen LogP contribution in [0.5, 0.6) is 0 Å². The standard InChI is InChI=1S/C52H56N4O5/c53-47-22-10-11-23-48(47)55-51(59)25-9-3-8-24-50(58)54-33-41-18-12-19-43(30-41)44-20-13-21-45(31-44)52-60-46(32-49(61-52)42-28-26-40(37-57)27-29-42)36-56(34-38-14-4-1-5-15-38)35-39-16-6-2-7-17-39/h1-2,4-7,10-23,26-31,46,49,52,57H,3,8-9,24-25,32-37,53H2,(H,54,58)(H,55,59)/t46-,49+,52+/m0/s1. The van der Waals surface area contributed by atoms with Crippen LogP contribution >= 0.6 is 0 Å². The Morgan fingerprint density at radius 2 is 1.25 bits per heavy atom. The van der Waals surface area contributed by atoms with Gasteiger partial charge in [-0.3, -0.25) is 14.5 Å². The van der Waals surface area contributed by atoms with Crippen LogP contribution in [0, 0.1) is 0 Å². The zero-order chi connectivity index (χ0) is 42.2. The topological polar surface area (TPSA) is 126 Å². The second-order valence-electron chi connectivity index (χ2n) is 15.8. The van der Waals surface area contributed by atoms with Crippen LogP contribution in [0.4, 0.5) is 11.4 Å². The number of hydrogen-bond donors (Lipinski definition) is 4. The van der Waals surface area contributed by atoms with Gasteiger partial charge in [-0.1, -0.05) is 140 Å². The molecule has 7 rings (SSSR count). The van der Waals surface area contributed by atoms with E-state index in [1.807, 2.05) is 66.7 Å². The van der Waals surface area contributed by atoms with Crippen molar-refractivity contribution in [3.05, 3.63) is 191 Å². The molecule has 0 spiro atoms. The van der Waals surface area contributed by atoms with Crippen molar-refractivity contribution in [3.63, 3.8) is 0 Å². The average molecular weight is 817 g/mol. The third kappa shape index (κ3) is 12.9. The Morgan fingerprint density at radius 3 is 1.93 bits per heavy atom. The molecule has 9 heteroatoms. The summed E-state index contributed by atoms with van der Waals surface area (Å²) in [5, 5.41) is 15.6. The van der Waals surface area contributed by atoms with Crippen molar-refractivity contribution < 1.29 is 24.2 Å². The number of anilines is 2. The van der Waals surface area contributed by atoms with E-state index in [0.29, 0.717) is 56.6 Å².